The molecule has 9 atom stereocenters. The molecule has 0 aromatic rings. The molecule has 0 heterocycles. The van der Waals surface area contributed by atoms with Crippen LogP contribution in [0.25, 0.3) is 0 Å². The average molecular weight is 459 g/mol. The lowest BCUT2D eigenvalue weighted by molar-refractivity contribution is -0.118. The van der Waals surface area contributed by atoms with Gasteiger partial charge in [0, 0.05) is 6.04 Å². The highest BCUT2D eigenvalue weighted by atomic mass is 14.9. The Hall–Kier alpha value is -0.0800. The van der Waals surface area contributed by atoms with Crippen molar-refractivity contribution in [3.63, 3.8) is 0 Å². The maximum absolute atomic E-state index is 5.69. The van der Waals surface area contributed by atoms with E-state index in [9.17, 15) is 0 Å². The zero-order valence-electron chi connectivity index (χ0n) is 23.0. The molecule has 3 N–H and O–H groups in total. The monoisotopic (exact) mass is 458 g/mol. The van der Waals surface area contributed by atoms with Crippen molar-refractivity contribution < 1.29 is 0 Å². The molecule has 0 unspecified atom stereocenters. The number of nitrogens with two attached hydrogens (primary N) is 1. The van der Waals surface area contributed by atoms with E-state index in [1.807, 2.05) is 0 Å². The van der Waals surface area contributed by atoms with E-state index in [0.29, 0.717) is 10.8 Å². The Balaban J connectivity index is 1.36. The summed E-state index contributed by atoms with van der Waals surface area (Å²) in [7, 11) is 0. The Bertz CT molecular complexity index is 616. The van der Waals surface area contributed by atoms with E-state index >= 15 is 0 Å². The molecule has 0 aromatic heterocycles. The van der Waals surface area contributed by atoms with E-state index in [1.165, 1.54) is 83.6 Å². The largest absolute Gasteiger partial charge is 0.330 e. The van der Waals surface area contributed by atoms with Gasteiger partial charge in [-0.3, -0.25) is 0 Å². The number of fused-ring (bicyclic) bond motifs is 5. The molecule has 2 heteroatoms. The fourth-order valence-corrected chi connectivity index (χ4v) is 10.0. The summed E-state index contributed by atoms with van der Waals surface area (Å²) >= 11 is 0. The van der Waals surface area contributed by atoms with Crippen molar-refractivity contribution in [2.45, 2.75) is 131 Å². The van der Waals surface area contributed by atoms with Crippen LogP contribution in [0.1, 0.15) is 125 Å². The lowest BCUT2D eigenvalue weighted by Gasteiger charge is -2.61. The Morgan fingerprint density at radius 2 is 1.58 bits per heavy atom. The van der Waals surface area contributed by atoms with Crippen LogP contribution in [0.3, 0.4) is 0 Å². The molecule has 192 valence electrons. The Morgan fingerprint density at radius 3 is 2.33 bits per heavy atom. The minimum atomic E-state index is 0.626. The molecule has 0 saturated heterocycles. The molecule has 4 aliphatic rings. The standard InChI is InChI=1S/C31H58N2/c1-22(2)9-8-10-23(3)27-13-14-28-26-12-11-24-21-25(33-20-7-6-19-32)15-17-30(24,4)29(26)16-18-31(27,28)5/h22-29,33H,6-21,32H2,1-5H3/t23-,24+,25+,26+,27-,28+,29+,30+,31-/m1/s1. The van der Waals surface area contributed by atoms with Crippen LogP contribution in [-0.4, -0.2) is 19.1 Å². The highest BCUT2D eigenvalue weighted by Crippen LogP contribution is 2.68. The van der Waals surface area contributed by atoms with Gasteiger partial charge in [-0.25, -0.2) is 0 Å². The van der Waals surface area contributed by atoms with E-state index in [-0.39, 0.29) is 0 Å². The minimum Gasteiger partial charge on any atom is -0.330 e. The van der Waals surface area contributed by atoms with Crippen molar-refractivity contribution in [2.75, 3.05) is 13.1 Å². The lowest BCUT2D eigenvalue weighted by atomic mass is 9.44. The van der Waals surface area contributed by atoms with Crippen LogP contribution in [0.4, 0.5) is 0 Å². The maximum atomic E-state index is 5.69. The van der Waals surface area contributed by atoms with Crippen molar-refractivity contribution in [3.05, 3.63) is 0 Å². The van der Waals surface area contributed by atoms with E-state index in [4.69, 9.17) is 5.73 Å². The number of unbranched alkanes of at least 4 members (excludes halogenated alkanes) is 1. The van der Waals surface area contributed by atoms with Gasteiger partial charge in [0.2, 0.25) is 0 Å². The third kappa shape index (κ3) is 5.23. The summed E-state index contributed by atoms with van der Waals surface area (Å²) in [6.45, 7) is 14.9. The second-order valence-electron chi connectivity index (χ2n) is 14.1. The summed E-state index contributed by atoms with van der Waals surface area (Å²) in [6, 6.07) is 0.772. The number of hydrogen-bond acceptors (Lipinski definition) is 2. The average Bonchev–Trinajstić information content (AvgIpc) is 3.14. The molecule has 0 aliphatic heterocycles. The topological polar surface area (TPSA) is 38.0 Å². The highest BCUT2D eigenvalue weighted by molar-refractivity contribution is 5.10. The van der Waals surface area contributed by atoms with E-state index in [1.54, 1.807) is 12.8 Å². The van der Waals surface area contributed by atoms with E-state index in [0.717, 1.165) is 54.0 Å². The second kappa shape index (κ2) is 10.9. The van der Waals surface area contributed by atoms with Gasteiger partial charge in [-0.1, -0.05) is 53.9 Å². The summed E-state index contributed by atoms with van der Waals surface area (Å²) in [6.07, 6.45) is 20.3. The number of hydrogen-bond donors (Lipinski definition) is 2. The summed E-state index contributed by atoms with van der Waals surface area (Å²) in [5.74, 6) is 6.84. The highest BCUT2D eigenvalue weighted by Gasteiger charge is 2.60. The lowest BCUT2D eigenvalue weighted by Crippen LogP contribution is -2.55. The van der Waals surface area contributed by atoms with Gasteiger partial charge < -0.3 is 11.1 Å². The molecule has 0 bridgehead atoms. The molecular formula is C31H58N2. The summed E-state index contributed by atoms with van der Waals surface area (Å²) in [4.78, 5) is 0. The Morgan fingerprint density at radius 1 is 0.818 bits per heavy atom. The quantitative estimate of drug-likeness (QED) is 0.328. The van der Waals surface area contributed by atoms with Gasteiger partial charge >= 0.3 is 0 Å². The van der Waals surface area contributed by atoms with Gasteiger partial charge in [0.1, 0.15) is 0 Å². The van der Waals surface area contributed by atoms with Crippen molar-refractivity contribution in [1.82, 2.24) is 5.32 Å². The smallest absolute Gasteiger partial charge is 0.00701 e. The van der Waals surface area contributed by atoms with Crippen molar-refractivity contribution in [3.8, 4) is 0 Å². The van der Waals surface area contributed by atoms with Crippen molar-refractivity contribution in [2.24, 2.45) is 58.0 Å². The first kappa shape index (κ1) is 26.0. The van der Waals surface area contributed by atoms with Gasteiger partial charge in [0.15, 0.2) is 0 Å². The SMILES string of the molecule is CC(C)CCC[C@@H](C)[C@H]1CC[C@H]2[C@@H]3CC[C@H]4C[C@@H](NCCCCN)CC[C@]4(C)[C@H]3CC[C@]12C. The molecule has 2 nitrogen and oxygen atoms in total. The summed E-state index contributed by atoms with van der Waals surface area (Å²) in [5.41, 5.74) is 6.96. The van der Waals surface area contributed by atoms with E-state index < -0.39 is 0 Å². The third-order valence-corrected chi connectivity index (χ3v) is 11.9. The molecule has 4 fully saturated rings. The van der Waals surface area contributed by atoms with Gasteiger partial charge in [-0.15, -0.1) is 0 Å². The minimum absolute atomic E-state index is 0.626. The predicted octanol–water partition coefficient (Wildman–Crippen LogP) is 7.80. The Kier molecular flexibility index (Phi) is 8.58. The van der Waals surface area contributed by atoms with Crippen molar-refractivity contribution in [1.29, 1.82) is 0 Å². The van der Waals surface area contributed by atoms with Gasteiger partial charge in [-0.2, -0.15) is 0 Å². The predicted molar refractivity (Wildman–Crippen MR) is 143 cm³/mol. The Labute approximate surface area is 207 Å². The van der Waals surface area contributed by atoms with Crippen LogP contribution in [-0.2, 0) is 0 Å². The van der Waals surface area contributed by atoms with Gasteiger partial charge in [-0.05, 0) is 136 Å². The molecule has 4 rings (SSSR count). The molecule has 0 amide bonds. The molecule has 0 radical (unpaired) electrons. The molecular weight excluding hydrogens is 400 g/mol. The molecule has 0 spiro atoms. The molecule has 33 heavy (non-hydrogen) atoms. The van der Waals surface area contributed by atoms with E-state index in [2.05, 4.69) is 39.9 Å². The van der Waals surface area contributed by atoms with Crippen LogP contribution in [0, 0.1) is 52.3 Å². The fourth-order valence-electron chi connectivity index (χ4n) is 10.0. The number of rotatable bonds is 10. The number of nitrogens with one attached hydrogen (secondary N) is 1. The first-order chi connectivity index (χ1) is 15.8. The van der Waals surface area contributed by atoms with Crippen LogP contribution >= 0.6 is 0 Å². The summed E-state index contributed by atoms with van der Waals surface area (Å²) < 4.78 is 0. The van der Waals surface area contributed by atoms with Crippen LogP contribution in [0.5, 0.6) is 0 Å². The zero-order valence-corrected chi connectivity index (χ0v) is 23.0. The third-order valence-electron chi connectivity index (χ3n) is 11.9. The first-order valence-electron chi connectivity index (χ1n) is 15.2. The normalized spacial score (nSPS) is 43.7. The van der Waals surface area contributed by atoms with Crippen LogP contribution in [0.15, 0.2) is 0 Å². The van der Waals surface area contributed by atoms with Crippen LogP contribution in [0.2, 0.25) is 0 Å². The summed E-state index contributed by atoms with van der Waals surface area (Å²) in [5, 5.41) is 3.91. The van der Waals surface area contributed by atoms with Gasteiger partial charge in [0.05, 0.1) is 0 Å². The zero-order chi connectivity index (χ0) is 23.6. The maximum Gasteiger partial charge on any atom is 0.00701 e. The second-order valence-corrected chi connectivity index (χ2v) is 14.1. The van der Waals surface area contributed by atoms with Gasteiger partial charge in [0.25, 0.3) is 0 Å². The molecule has 4 aliphatic carbocycles. The van der Waals surface area contributed by atoms with Crippen LogP contribution < -0.4 is 11.1 Å². The first-order valence-corrected chi connectivity index (χ1v) is 15.2. The van der Waals surface area contributed by atoms with Crippen molar-refractivity contribution >= 4 is 0 Å². The fraction of sp³-hybridized carbons (Fsp3) is 1.00. The molecule has 4 saturated carbocycles. The molecule has 0 aromatic carbocycles.